The van der Waals surface area contributed by atoms with Crippen LogP contribution in [0.15, 0.2) is 29.3 Å². The van der Waals surface area contributed by atoms with Gasteiger partial charge in [0.05, 0.1) is 12.2 Å². The summed E-state index contributed by atoms with van der Waals surface area (Å²) in [6.45, 7) is 8.26. The maximum Gasteiger partial charge on any atom is 0.193 e. The van der Waals surface area contributed by atoms with E-state index in [2.05, 4.69) is 53.3 Å². The van der Waals surface area contributed by atoms with Crippen molar-refractivity contribution >= 4 is 40.8 Å². The Morgan fingerprint density at radius 2 is 1.93 bits per heavy atom. The molecule has 5 rings (SSSR count). The SMILES string of the molecule is CCNC(=NCCc1c(C)[nH]c2ccccc12)N1CC2C3CCC(O3)C2C1.I. The Balaban J connectivity index is 0.00000192. The van der Waals surface area contributed by atoms with Crippen LogP contribution in [0.1, 0.15) is 31.0 Å². The summed E-state index contributed by atoms with van der Waals surface area (Å²) in [7, 11) is 0. The largest absolute Gasteiger partial charge is 0.374 e. The van der Waals surface area contributed by atoms with E-state index in [4.69, 9.17) is 9.73 Å². The summed E-state index contributed by atoms with van der Waals surface area (Å²) in [6.07, 6.45) is 4.49. The van der Waals surface area contributed by atoms with Crippen LogP contribution < -0.4 is 5.32 Å². The lowest BCUT2D eigenvalue weighted by molar-refractivity contribution is 0.0767. The monoisotopic (exact) mass is 494 g/mol. The van der Waals surface area contributed by atoms with E-state index in [1.165, 1.54) is 35.0 Å². The lowest BCUT2D eigenvalue weighted by Gasteiger charge is -2.23. The number of H-pyrrole nitrogens is 1. The number of nitrogens with zero attached hydrogens (tertiary/aromatic N) is 2. The van der Waals surface area contributed by atoms with Crippen LogP contribution >= 0.6 is 24.0 Å². The number of fused-ring (bicyclic) bond motifs is 6. The number of aromatic amines is 1. The minimum Gasteiger partial charge on any atom is -0.374 e. The fourth-order valence-corrected chi connectivity index (χ4v) is 5.49. The van der Waals surface area contributed by atoms with Crippen LogP contribution in [0.5, 0.6) is 0 Å². The van der Waals surface area contributed by atoms with Gasteiger partial charge < -0.3 is 19.9 Å². The summed E-state index contributed by atoms with van der Waals surface area (Å²) in [5, 5.41) is 4.86. The predicted octanol–water partition coefficient (Wildman–Crippen LogP) is 3.71. The number of hydrogen-bond donors (Lipinski definition) is 2. The second-order valence-electron chi connectivity index (χ2n) is 8.28. The number of likely N-dealkylation sites (tertiary alicyclic amines) is 1. The molecule has 0 radical (unpaired) electrons. The summed E-state index contributed by atoms with van der Waals surface area (Å²) < 4.78 is 6.12. The van der Waals surface area contributed by atoms with Crippen molar-refractivity contribution in [3.63, 3.8) is 0 Å². The maximum atomic E-state index is 6.12. The first kappa shape index (κ1) is 20.0. The lowest BCUT2D eigenvalue weighted by atomic mass is 9.82. The quantitative estimate of drug-likeness (QED) is 0.387. The molecular formula is C22H31IN4O. The van der Waals surface area contributed by atoms with E-state index in [-0.39, 0.29) is 24.0 Å². The molecule has 2 aromatic rings. The van der Waals surface area contributed by atoms with Crippen LogP contribution in [0.3, 0.4) is 0 Å². The highest BCUT2D eigenvalue weighted by Crippen LogP contribution is 2.47. The van der Waals surface area contributed by atoms with Gasteiger partial charge in [-0.25, -0.2) is 0 Å². The van der Waals surface area contributed by atoms with Gasteiger partial charge >= 0.3 is 0 Å². The molecule has 6 heteroatoms. The zero-order valence-corrected chi connectivity index (χ0v) is 19.1. The lowest BCUT2D eigenvalue weighted by Crippen LogP contribution is -2.41. The molecule has 1 aromatic heterocycles. The van der Waals surface area contributed by atoms with Gasteiger partial charge in [0.25, 0.3) is 0 Å². The molecule has 3 aliphatic rings. The first-order valence-corrected chi connectivity index (χ1v) is 10.5. The Labute approximate surface area is 184 Å². The molecule has 152 valence electrons. The molecule has 0 saturated carbocycles. The van der Waals surface area contributed by atoms with E-state index in [0.717, 1.165) is 38.6 Å². The predicted molar refractivity (Wildman–Crippen MR) is 125 cm³/mol. The Morgan fingerprint density at radius 1 is 1.21 bits per heavy atom. The van der Waals surface area contributed by atoms with Crippen molar-refractivity contribution in [1.82, 2.24) is 15.2 Å². The van der Waals surface area contributed by atoms with Crippen LogP contribution in [0.4, 0.5) is 0 Å². The molecule has 0 spiro atoms. The number of aryl methyl sites for hydroxylation is 1. The molecule has 2 bridgehead atoms. The van der Waals surface area contributed by atoms with Gasteiger partial charge in [0.2, 0.25) is 0 Å². The van der Waals surface area contributed by atoms with Crippen molar-refractivity contribution in [2.24, 2.45) is 16.8 Å². The minimum atomic E-state index is 0. The van der Waals surface area contributed by atoms with E-state index >= 15 is 0 Å². The number of guanidine groups is 1. The zero-order valence-electron chi connectivity index (χ0n) is 16.8. The number of aliphatic imine (C=N–C) groups is 1. The first-order valence-electron chi connectivity index (χ1n) is 10.5. The van der Waals surface area contributed by atoms with Crippen molar-refractivity contribution in [1.29, 1.82) is 0 Å². The van der Waals surface area contributed by atoms with Gasteiger partial charge in [-0.2, -0.15) is 0 Å². The topological polar surface area (TPSA) is 52.7 Å². The molecular weight excluding hydrogens is 463 g/mol. The first-order chi connectivity index (χ1) is 13.2. The van der Waals surface area contributed by atoms with Gasteiger partial charge in [0.15, 0.2) is 5.96 Å². The van der Waals surface area contributed by atoms with Crippen LogP contribution in [-0.4, -0.2) is 54.2 Å². The van der Waals surface area contributed by atoms with Gasteiger partial charge in [0, 0.05) is 54.6 Å². The van der Waals surface area contributed by atoms with Gasteiger partial charge in [-0.05, 0) is 44.7 Å². The highest BCUT2D eigenvalue weighted by atomic mass is 127. The van der Waals surface area contributed by atoms with Crippen LogP contribution in [0.25, 0.3) is 10.9 Å². The van der Waals surface area contributed by atoms with Gasteiger partial charge in [-0.15, -0.1) is 24.0 Å². The fourth-order valence-electron chi connectivity index (χ4n) is 5.49. The molecule has 0 aliphatic carbocycles. The van der Waals surface area contributed by atoms with Crippen LogP contribution in [-0.2, 0) is 11.2 Å². The summed E-state index contributed by atoms with van der Waals surface area (Å²) in [4.78, 5) is 11.0. The Bertz CT molecular complexity index is 845. The number of benzene rings is 1. The second-order valence-corrected chi connectivity index (χ2v) is 8.28. The van der Waals surface area contributed by atoms with Crippen molar-refractivity contribution in [3.05, 3.63) is 35.5 Å². The molecule has 2 N–H and O–H groups in total. The number of hydrogen-bond acceptors (Lipinski definition) is 2. The molecule has 1 aromatic carbocycles. The molecule has 4 atom stereocenters. The number of rotatable bonds is 4. The second kappa shape index (κ2) is 8.22. The zero-order chi connectivity index (χ0) is 18.4. The van der Waals surface area contributed by atoms with E-state index in [9.17, 15) is 0 Å². The molecule has 3 aliphatic heterocycles. The highest BCUT2D eigenvalue weighted by Gasteiger charge is 2.53. The minimum absolute atomic E-state index is 0. The fraction of sp³-hybridized carbons (Fsp3) is 0.591. The molecule has 3 saturated heterocycles. The van der Waals surface area contributed by atoms with Crippen molar-refractivity contribution in [2.45, 2.75) is 45.3 Å². The normalized spacial score (nSPS) is 28.6. The standard InChI is InChI=1S/C22H30N4O.HI/c1-3-23-22(26-12-17-18(13-26)21-9-8-20(17)27-21)24-11-10-15-14(2)25-19-7-5-4-6-16(15)19;/h4-7,17-18,20-21,25H,3,8-13H2,1-2H3,(H,23,24);1H. The van der Waals surface area contributed by atoms with Crippen LogP contribution in [0, 0.1) is 18.8 Å². The summed E-state index contributed by atoms with van der Waals surface area (Å²) >= 11 is 0. The third-order valence-corrected chi connectivity index (χ3v) is 6.74. The summed E-state index contributed by atoms with van der Waals surface area (Å²) in [6, 6.07) is 8.56. The highest BCUT2D eigenvalue weighted by molar-refractivity contribution is 14.0. The number of ether oxygens (including phenoxy) is 1. The van der Waals surface area contributed by atoms with E-state index < -0.39 is 0 Å². The van der Waals surface area contributed by atoms with Crippen molar-refractivity contribution < 1.29 is 4.74 Å². The summed E-state index contributed by atoms with van der Waals surface area (Å²) in [5.74, 6) is 2.51. The number of nitrogens with one attached hydrogen (secondary N) is 2. The van der Waals surface area contributed by atoms with Gasteiger partial charge in [-0.3, -0.25) is 4.99 Å². The van der Waals surface area contributed by atoms with E-state index in [1.807, 2.05) is 0 Å². The summed E-state index contributed by atoms with van der Waals surface area (Å²) in [5.41, 5.74) is 3.89. The molecule has 0 amide bonds. The smallest absolute Gasteiger partial charge is 0.193 e. The molecule has 5 nitrogen and oxygen atoms in total. The van der Waals surface area contributed by atoms with E-state index in [0.29, 0.717) is 24.0 Å². The number of halogens is 1. The van der Waals surface area contributed by atoms with Crippen molar-refractivity contribution in [3.8, 4) is 0 Å². The molecule has 4 unspecified atom stereocenters. The Kier molecular flexibility index (Phi) is 5.88. The van der Waals surface area contributed by atoms with Crippen molar-refractivity contribution in [2.75, 3.05) is 26.2 Å². The third-order valence-electron chi connectivity index (χ3n) is 6.74. The molecule has 28 heavy (non-hydrogen) atoms. The number of para-hydroxylation sites is 1. The third kappa shape index (κ3) is 3.43. The van der Waals surface area contributed by atoms with Gasteiger partial charge in [0.1, 0.15) is 0 Å². The number of aromatic nitrogens is 1. The van der Waals surface area contributed by atoms with Gasteiger partial charge in [-0.1, -0.05) is 18.2 Å². The average molecular weight is 494 g/mol. The molecule has 4 heterocycles. The van der Waals surface area contributed by atoms with Crippen LogP contribution in [0.2, 0.25) is 0 Å². The maximum absolute atomic E-state index is 6.12. The average Bonchev–Trinajstić information content (AvgIpc) is 3.42. The molecule has 3 fully saturated rings. The Hall–Kier alpha value is -1.28. The van der Waals surface area contributed by atoms with E-state index in [1.54, 1.807) is 0 Å². The Morgan fingerprint density at radius 3 is 2.64 bits per heavy atom.